The van der Waals surface area contributed by atoms with E-state index in [0.29, 0.717) is 25.0 Å². The van der Waals surface area contributed by atoms with E-state index in [4.69, 9.17) is 9.47 Å². The Morgan fingerprint density at radius 3 is 1.44 bits per heavy atom. The van der Waals surface area contributed by atoms with Crippen molar-refractivity contribution >= 4 is 12.2 Å². The summed E-state index contributed by atoms with van der Waals surface area (Å²) in [4.78, 5) is 30.6. The first-order chi connectivity index (χ1) is 15.5. The Labute approximate surface area is 192 Å². The largest absolute Gasteiger partial charge is 0.449 e. The molecule has 0 N–H and O–H groups in total. The zero-order valence-electron chi connectivity index (χ0n) is 20.1. The molecule has 0 aliphatic heterocycles. The van der Waals surface area contributed by atoms with Crippen molar-refractivity contribution < 1.29 is 19.1 Å². The number of rotatable bonds is 12. The van der Waals surface area contributed by atoms with Crippen LogP contribution in [-0.4, -0.2) is 44.5 Å². The smallest absolute Gasteiger partial charge is 0.419 e. The van der Waals surface area contributed by atoms with Crippen LogP contribution < -0.4 is 0 Å². The Bertz CT molecular complexity index is 654. The fourth-order valence-corrected chi connectivity index (χ4v) is 3.06. The molecule has 32 heavy (non-hydrogen) atoms. The Balaban J connectivity index is 0.000000320. The average Bonchev–Trinajstić information content (AvgIpc) is 3.54. The summed E-state index contributed by atoms with van der Waals surface area (Å²) in [6.45, 7) is 9.62. The fraction of sp³-hybridized carbons (Fsp3) is 0.667. The van der Waals surface area contributed by atoms with E-state index in [2.05, 4.69) is 37.7 Å². The van der Waals surface area contributed by atoms with Crippen molar-refractivity contribution in [2.75, 3.05) is 13.2 Å². The highest BCUT2D eigenvalue weighted by Crippen LogP contribution is 2.14. The molecule has 0 saturated carbocycles. The normalized spacial score (nSPS) is 12.4. The highest BCUT2D eigenvalue weighted by Gasteiger charge is 2.11. The Morgan fingerprint density at radius 2 is 1.16 bits per heavy atom. The quantitative estimate of drug-likeness (QED) is 0.386. The van der Waals surface area contributed by atoms with E-state index in [1.54, 1.807) is 24.8 Å². The van der Waals surface area contributed by atoms with Crippen LogP contribution in [0.1, 0.15) is 79.1 Å². The van der Waals surface area contributed by atoms with Gasteiger partial charge < -0.3 is 9.47 Å². The van der Waals surface area contributed by atoms with Gasteiger partial charge in [0.1, 0.15) is 12.7 Å². The van der Waals surface area contributed by atoms with E-state index in [1.807, 2.05) is 0 Å². The molecule has 2 heterocycles. The van der Waals surface area contributed by atoms with Crippen molar-refractivity contribution in [2.45, 2.75) is 79.1 Å². The molecule has 0 radical (unpaired) electrons. The van der Waals surface area contributed by atoms with Gasteiger partial charge in [0, 0.05) is 24.8 Å². The second-order valence-electron chi connectivity index (χ2n) is 7.93. The zero-order valence-corrected chi connectivity index (χ0v) is 20.1. The summed E-state index contributed by atoms with van der Waals surface area (Å²) in [7, 11) is 0. The number of nitrogens with zero attached hydrogens (tertiary/aromatic N) is 4. The molecule has 2 aromatic rings. The first-order valence-electron chi connectivity index (χ1n) is 11.9. The molecule has 2 aromatic heterocycles. The number of hydrogen-bond donors (Lipinski definition) is 0. The number of hydrogen-bond acceptors (Lipinski definition) is 6. The number of ether oxygens (including phenoxy) is 2. The molecule has 0 spiro atoms. The Morgan fingerprint density at radius 1 is 0.750 bits per heavy atom. The lowest BCUT2D eigenvalue weighted by Crippen LogP contribution is -2.17. The monoisotopic (exact) mass is 448 g/mol. The van der Waals surface area contributed by atoms with E-state index in [1.165, 1.54) is 47.5 Å². The fourth-order valence-electron chi connectivity index (χ4n) is 3.06. The molecule has 0 aromatic carbocycles. The maximum atomic E-state index is 11.5. The van der Waals surface area contributed by atoms with Gasteiger partial charge in [-0.25, -0.2) is 28.7 Å². The zero-order chi connectivity index (χ0) is 23.6. The lowest BCUT2D eigenvalue weighted by Gasteiger charge is -2.14. The highest BCUT2D eigenvalue weighted by atomic mass is 16.6. The summed E-state index contributed by atoms with van der Waals surface area (Å²) in [6, 6.07) is 0. The van der Waals surface area contributed by atoms with Crippen molar-refractivity contribution in [3.63, 3.8) is 0 Å². The van der Waals surface area contributed by atoms with Gasteiger partial charge in [0.25, 0.3) is 0 Å². The maximum Gasteiger partial charge on any atom is 0.419 e. The van der Waals surface area contributed by atoms with E-state index < -0.39 is 0 Å². The summed E-state index contributed by atoms with van der Waals surface area (Å²) in [6.07, 6.45) is 17.7. The van der Waals surface area contributed by atoms with E-state index in [-0.39, 0.29) is 12.2 Å². The van der Waals surface area contributed by atoms with Gasteiger partial charge in [-0.1, -0.05) is 66.2 Å². The van der Waals surface area contributed by atoms with Gasteiger partial charge in [-0.15, -0.1) is 0 Å². The van der Waals surface area contributed by atoms with Crippen LogP contribution in [0.25, 0.3) is 0 Å². The predicted molar refractivity (Wildman–Crippen MR) is 125 cm³/mol. The molecular formula is C24H40N4O4. The molecule has 0 aliphatic rings. The second-order valence-corrected chi connectivity index (χ2v) is 7.93. The van der Waals surface area contributed by atoms with Gasteiger partial charge >= 0.3 is 12.2 Å². The lowest BCUT2D eigenvalue weighted by atomic mass is 10.0. The average molecular weight is 449 g/mol. The SMILES string of the molecule is CCCCC(CC)COC(=O)n1ccnc1.CCCCC(CC)COC(=O)n1ccnc1. The van der Waals surface area contributed by atoms with Gasteiger partial charge in [-0.05, 0) is 24.7 Å². The number of imidazole rings is 2. The second kappa shape index (κ2) is 17.0. The molecule has 0 fully saturated rings. The van der Waals surface area contributed by atoms with Crippen molar-refractivity contribution in [3.05, 3.63) is 37.4 Å². The minimum atomic E-state index is -0.340. The van der Waals surface area contributed by atoms with E-state index >= 15 is 0 Å². The van der Waals surface area contributed by atoms with Gasteiger partial charge in [0.2, 0.25) is 0 Å². The molecular weight excluding hydrogens is 408 g/mol. The summed E-state index contributed by atoms with van der Waals surface area (Å²) < 4.78 is 13.1. The third-order valence-corrected chi connectivity index (χ3v) is 5.40. The summed E-state index contributed by atoms with van der Waals surface area (Å²) in [5.41, 5.74) is 0. The molecule has 2 atom stereocenters. The summed E-state index contributed by atoms with van der Waals surface area (Å²) >= 11 is 0. The minimum absolute atomic E-state index is 0.340. The van der Waals surface area contributed by atoms with E-state index in [9.17, 15) is 9.59 Å². The van der Waals surface area contributed by atoms with Crippen LogP contribution in [0.4, 0.5) is 9.59 Å². The molecule has 8 nitrogen and oxygen atoms in total. The van der Waals surface area contributed by atoms with Gasteiger partial charge in [0.15, 0.2) is 0 Å². The topological polar surface area (TPSA) is 88.2 Å². The van der Waals surface area contributed by atoms with Crippen LogP contribution in [0.2, 0.25) is 0 Å². The van der Waals surface area contributed by atoms with Crippen LogP contribution in [0.3, 0.4) is 0 Å². The Hall–Kier alpha value is -2.64. The van der Waals surface area contributed by atoms with Crippen LogP contribution >= 0.6 is 0 Å². The van der Waals surface area contributed by atoms with Crippen molar-refractivity contribution in [1.82, 2.24) is 19.1 Å². The summed E-state index contributed by atoms with van der Waals surface area (Å²) in [5, 5.41) is 0. The van der Waals surface area contributed by atoms with Crippen molar-refractivity contribution in [2.24, 2.45) is 11.8 Å². The highest BCUT2D eigenvalue weighted by molar-refractivity contribution is 5.70. The van der Waals surface area contributed by atoms with Gasteiger partial charge in [-0.3, -0.25) is 0 Å². The minimum Gasteiger partial charge on any atom is -0.449 e. The first kappa shape index (κ1) is 27.4. The van der Waals surface area contributed by atoms with Crippen molar-refractivity contribution in [1.29, 1.82) is 0 Å². The van der Waals surface area contributed by atoms with Crippen molar-refractivity contribution in [3.8, 4) is 0 Å². The molecule has 2 unspecified atom stereocenters. The molecule has 2 rings (SSSR count). The van der Waals surface area contributed by atoms with Gasteiger partial charge in [0.05, 0.1) is 13.2 Å². The molecule has 8 heteroatoms. The standard InChI is InChI=1S/2C12H20N2O2/c2*1-3-5-6-11(4-2)9-16-12(15)14-8-7-13-10-14/h2*7-8,10-11H,3-6,9H2,1-2H3. The summed E-state index contributed by atoms with van der Waals surface area (Å²) in [5.74, 6) is 0.958. The Kier molecular flexibility index (Phi) is 14.5. The van der Waals surface area contributed by atoms with Gasteiger partial charge in [-0.2, -0.15) is 0 Å². The predicted octanol–water partition coefficient (Wildman–Crippen LogP) is 6.17. The van der Waals surface area contributed by atoms with Crippen LogP contribution in [0.15, 0.2) is 37.4 Å². The number of aromatic nitrogens is 4. The third-order valence-electron chi connectivity index (χ3n) is 5.40. The molecule has 0 saturated heterocycles. The molecule has 180 valence electrons. The molecule has 0 bridgehead atoms. The first-order valence-corrected chi connectivity index (χ1v) is 11.9. The maximum absolute atomic E-state index is 11.5. The number of carbonyl (C=O) groups excluding carboxylic acids is 2. The number of unbranched alkanes of at least 4 members (excludes halogenated alkanes) is 2. The lowest BCUT2D eigenvalue weighted by molar-refractivity contribution is 0.123. The van der Waals surface area contributed by atoms with E-state index in [0.717, 1.165) is 25.7 Å². The van der Waals surface area contributed by atoms with Crippen LogP contribution in [-0.2, 0) is 9.47 Å². The molecule has 0 aliphatic carbocycles. The third kappa shape index (κ3) is 11.1. The number of carbonyl (C=O) groups is 2. The molecule has 0 amide bonds. The van der Waals surface area contributed by atoms with Crippen LogP contribution in [0, 0.1) is 11.8 Å². The van der Waals surface area contributed by atoms with Crippen LogP contribution in [0.5, 0.6) is 0 Å².